The highest BCUT2D eigenvalue weighted by Crippen LogP contribution is 2.21. The Balaban J connectivity index is 1.54. The van der Waals surface area contributed by atoms with E-state index in [-0.39, 0.29) is 24.3 Å². The van der Waals surface area contributed by atoms with Crippen molar-refractivity contribution >= 4 is 37.9 Å². The van der Waals surface area contributed by atoms with Crippen LogP contribution in [0.4, 0.5) is 0 Å². The van der Waals surface area contributed by atoms with Crippen LogP contribution in [0.5, 0.6) is 5.75 Å². The minimum absolute atomic E-state index is 0.0358. The summed E-state index contributed by atoms with van der Waals surface area (Å²) < 4.78 is 8.82. The number of fused-ring (bicyclic) bond motifs is 2. The predicted molar refractivity (Wildman–Crippen MR) is 109 cm³/mol. The molecule has 0 radical (unpaired) electrons. The van der Waals surface area contributed by atoms with E-state index in [1.807, 2.05) is 42.5 Å². The molecule has 0 amide bonds. The summed E-state index contributed by atoms with van der Waals surface area (Å²) in [4.78, 5) is 30.4. The van der Waals surface area contributed by atoms with E-state index >= 15 is 0 Å². The molecule has 0 bridgehead atoms. The van der Waals surface area contributed by atoms with Crippen LogP contribution in [0.1, 0.15) is 0 Å². The lowest BCUT2D eigenvalue weighted by Crippen LogP contribution is -2.30. The highest BCUT2D eigenvalue weighted by Gasteiger charge is 2.18. The Morgan fingerprint density at radius 2 is 1.96 bits per heavy atom. The van der Waals surface area contributed by atoms with Gasteiger partial charge in [-0.3, -0.25) is 14.3 Å². The van der Waals surface area contributed by atoms with E-state index in [0.29, 0.717) is 10.5 Å². The molecule has 0 fully saturated rings. The van der Waals surface area contributed by atoms with Crippen LogP contribution in [0, 0.1) is 0 Å². The van der Waals surface area contributed by atoms with Crippen molar-refractivity contribution in [3.63, 3.8) is 0 Å². The molecule has 0 aliphatic carbocycles. The number of aryl methyl sites for hydroxylation is 1. The van der Waals surface area contributed by atoms with E-state index in [1.165, 1.54) is 16.2 Å². The summed E-state index contributed by atoms with van der Waals surface area (Å²) in [5.41, 5.74) is -0.657. The van der Waals surface area contributed by atoms with Gasteiger partial charge in [-0.25, -0.2) is 9.78 Å². The number of rotatable bonds is 5. The molecule has 0 saturated carbocycles. The van der Waals surface area contributed by atoms with Gasteiger partial charge in [0, 0.05) is 7.05 Å². The van der Waals surface area contributed by atoms with Crippen LogP contribution in [0.3, 0.4) is 0 Å². The van der Waals surface area contributed by atoms with E-state index in [0.717, 1.165) is 10.8 Å². The van der Waals surface area contributed by atoms with Gasteiger partial charge in [-0.2, -0.15) is 0 Å². The van der Waals surface area contributed by atoms with Gasteiger partial charge in [-0.15, -0.1) is 0 Å². The summed E-state index contributed by atoms with van der Waals surface area (Å²) in [5.74, 6) is 0.646. The van der Waals surface area contributed by atoms with Gasteiger partial charge < -0.3 is 14.4 Å². The molecule has 144 valence electrons. The Labute approximate surface area is 167 Å². The largest absolute Gasteiger partial charge is 0.491 e. The van der Waals surface area contributed by atoms with Crippen LogP contribution in [0.15, 0.2) is 56.8 Å². The van der Waals surface area contributed by atoms with E-state index in [2.05, 4.69) is 25.9 Å². The lowest BCUT2D eigenvalue weighted by Gasteiger charge is -2.14. The highest BCUT2D eigenvalue weighted by atomic mass is 79.9. The average Bonchev–Trinajstić information content (AvgIpc) is 3.01. The Bertz CT molecular complexity index is 1290. The standard InChI is InChI=1S/C19H17BrN4O4/c1-23-16-15(17(26)22-19(23)27)24(18(20)21-16)9-13(25)10-28-14-7-6-11-4-2-3-5-12(11)8-14/h2-8,13,25H,9-10H2,1H3,(H,22,26,27)/t13-/m1/s1. The quantitative estimate of drug-likeness (QED) is 0.456. The Morgan fingerprint density at radius 1 is 1.21 bits per heavy atom. The van der Waals surface area contributed by atoms with Crippen molar-refractivity contribution in [2.24, 2.45) is 7.05 Å². The molecule has 4 aromatic rings. The molecule has 0 aliphatic rings. The summed E-state index contributed by atoms with van der Waals surface area (Å²) in [6.45, 7) is 0.111. The van der Waals surface area contributed by atoms with Crippen LogP contribution in [-0.4, -0.2) is 36.9 Å². The number of aliphatic hydroxyl groups is 1. The van der Waals surface area contributed by atoms with Crippen molar-refractivity contribution in [1.82, 2.24) is 19.1 Å². The SMILES string of the molecule is Cn1c(=O)[nH]c(=O)c2c1nc(Br)n2C[C@@H](O)COc1ccc2ccccc2c1. The zero-order chi connectivity index (χ0) is 19.8. The Hall–Kier alpha value is -2.91. The predicted octanol–water partition coefficient (Wildman–Crippen LogP) is 1.78. The normalized spacial score (nSPS) is 12.5. The topological polar surface area (TPSA) is 102 Å². The minimum Gasteiger partial charge on any atom is -0.491 e. The molecule has 0 unspecified atom stereocenters. The second-order valence-electron chi connectivity index (χ2n) is 6.46. The molecule has 0 saturated heterocycles. The molecule has 9 heteroatoms. The number of H-pyrrole nitrogens is 1. The first-order valence-electron chi connectivity index (χ1n) is 8.59. The molecule has 2 heterocycles. The van der Waals surface area contributed by atoms with Crippen molar-refractivity contribution in [1.29, 1.82) is 0 Å². The maximum atomic E-state index is 12.2. The summed E-state index contributed by atoms with van der Waals surface area (Å²) in [6, 6.07) is 13.6. The number of imidazole rings is 1. The van der Waals surface area contributed by atoms with Crippen molar-refractivity contribution < 1.29 is 9.84 Å². The third-order valence-electron chi connectivity index (χ3n) is 4.52. The fraction of sp³-hybridized carbons (Fsp3) is 0.211. The average molecular weight is 445 g/mol. The first kappa shape index (κ1) is 18.5. The van der Waals surface area contributed by atoms with E-state index in [4.69, 9.17) is 4.74 Å². The van der Waals surface area contributed by atoms with Crippen LogP contribution in [-0.2, 0) is 13.6 Å². The van der Waals surface area contributed by atoms with Crippen LogP contribution >= 0.6 is 15.9 Å². The summed E-state index contributed by atoms with van der Waals surface area (Å²) in [7, 11) is 1.52. The number of ether oxygens (including phenoxy) is 1. The number of benzene rings is 2. The number of nitrogens with one attached hydrogen (secondary N) is 1. The van der Waals surface area contributed by atoms with Crippen molar-refractivity contribution in [2.75, 3.05) is 6.61 Å². The van der Waals surface area contributed by atoms with E-state index in [9.17, 15) is 14.7 Å². The van der Waals surface area contributed by atoms with Gasteiger partial charge in [0.2, 0.25) is 0 Å². The highest BCUT2D eigenvalue weighted by molar-refractivity contribution is 9.10. The van der Waals surface area contributed by atoms with Gasteiger partial charge in [0.05, 0.1) is 6.54 Å². The maximum absolute atomic E-state index is 12.2. The van der Waals surface area contributed by atoms with Gasteiger partial charge in [-0.1, -0.05) is 30.3 Å². The molecule has 2 aromatic carbocycles. The first-order valence-corrected chi connectivity index (χ1v) is 9.38. The molecule has 0 aliphatic heterocycles. The van der Waals surface area contributed by atoms with Gasteiger partial charge in [-0.05, 0) is 38.8 Å². The number of hydrogen-bond donors (Lipinski definition) is 2. The molecule has 2 aromatic heterocycles. The molecule has 8 nitrogen and oxygen atoms in total. The maximum Gasteiger partial charge on any atom is 0.329 e. The first-order chi connectivity index (χ1) is 13.4. The third kappa shape index (κ3) is 3.34. The molecule has 1 atom stereocenters. The zero-order valence-corrected chi connectivity index (χ0v) is 16.5. The van der Waals surface area contributed by atoms with Crippen LogP contribution in [0.2, 0.25) is 0 Å². The summed E-state index contributed by atoms with van der Waals surface area (Å²) >= 11 is 3.29. The number of nitrogens with zero attached hydrogens (tertiary/aromatic N) is 3. The number of aromatic amines is 1. The lowest BCUT2D eigenvalue weighted by molar-refractivity contribution is 0.0929. The van der Waals surface area contributed by atoms with Crippen molar-refractivity contribution in [2.45, 2.75) is 12.6 Å². The zero-order valence-electron chi connectivity index (χ0n) is 14.9. The van der Waals surface area contributed by atoms with Gasteiger partial charge in [0.25, 0.3) is 5.56 Å². The Kier molecular flexibility index (Phi) is 4.78. The third-order valence-corrected chi connectivity index (χ3v) is 5.12. The molecule has 2 N–H and O–H groups in total. The summed E-state index contributed by atoms with van der Waals surface area (Å²) in [6.07, 6.45) is -0.892. The monoisotopic (exact) mass is 444 g/mol. The van der Waals surface area contributed by atoms with Gasteiger partial charge in [0.1, 0.15) is 18.5 Å². The van der Waals surface area contributed by atoms with Crippen LogP contribution < -0.4 is 16.0 Å². The number of halogens is 1. The van der Waals surface area contributed by atoms with Gasteiger partial charge >= 0.3 is 5.69 Å². The molecular weight excluding hydrogens is 428 g/mol. The smallest absolute Gasteiger partial charge is 0.329 e. The lowest BCUT2D eigenvalue weighted by atomic mass is 10.1. The molecule has 0 spiro atoms. The summed E-state index contributed by atoms with van der Waals surface area (Å²) in [5, 5.41) is 12.6. The molecule has 28 heavy (non-hydrogen) atoms. The van der Waals surface area contributed by atoms with Gasteiger partial charge in [0.15, 0.2) is 15.9 Å². The second kappa shape index (κ2) is 7.25. The molecular formula is C19H17BrN4O4. The fourth-order valence-corrected chi connectivity index (χ4v) is 3.58. The van der Waals surface area contributed by atoms with E-state index < -0.39 is 17.4 Å². The van der Waals surface area contributed by atoms with Crippen LogP contribution in [0.25, 0.3) is 21.9 Å². The second-order valence-corrected chi connectivity index (χ2v) is 7.17. The number of aliphatic hydroxyl groups excluding tert-OH is 1. The van der Waals surface area contributed by atoms with Crippen molar-refractivity contribution in [3.8, 4) is 5.75 Å². The molecule has 4 rings (SSSR count). The van der Waals surface area contributed by atoms with E-state index in [1.54, 1.807) is 0 Å². The number of aromatic nitrogens is 4. The number of hydrogen-bond acceptors (Lipinski definition) is 5. The fourth-order valence-electron chi connectivity index (χ4n) is 3.09. The minimum atomic E-state index is -0.892. The Morgan fingerprint density at radius 3 is 2.75 bits per heavy atom. The van der Waals surface area contributed by atoms with Crippen molar-refractivity contribution in [3.05, 3.63) is 68.0 Å².